The Kier molecular flexibility index (Phi) is 5.03. The first-order chi connectivity index (χ1) is 4.70. The normalized spacial score (nSPS) is 9.90. The zero-order valence-electron chi connectivity index (χ0n) is 6.89. The van der Waals surface area contributed by atoms with E-state index in [0.717, 1.165) is 13.0 Å². The summed E-state index contributed by atoms with van der Waals surface area (Å²) < 4.78 is 4.49. The third kappa shape index (κ3) is 4.38. The lowest BCUT2D eigenvalue weighted by Gasteiger charge is -2.12. The molecule has 0 amide bonds. The van der Waals surface area contributed by atoms with Crippen molar-refractivity contribution in [2.45, 2.75) is 13.3 Å². The number of rotatable bonds is 4. The molecule has 0 N–H and O–H groups in total. The highest BCUT2D eigenvalue weighted by molar-refractivity contribution is 6.05. The van der Waals surface area contributed by atoms with Gasteiger partial charge in [0.15, 0.2) is 0 Å². The van der Waals surface area contributed by atoms with Crippen LogP contribution in [0.2, 0.25) is 0 Å². The Hall–Kier alpha value is -0.505. The minimum Gasteiger partial charge on any atom is -0.542 e. The van der Waals surface area contributed by atoms with E-state index in [4.69, 9.17) is 0 Å². The highest BCUT2D eigenvalue weighted by Gasteiger charge is 2.02. The molecule has 0 unspecified atom stereocenters. The molecule has 0 aromatic heterocycles. The van der Waals surface area contributed by atoms with Gasteiger partial charge in [-0.1, -0.05) is 6.92 Å². The molecule has 0 saturated carbocycles. The number of hydrogen-bond acceptors (Lipinski definition) is 3. The maximum atomic E-state index is 10.6. The number of carbonyl (C=O) groups is 1. The molecule has 10 heavy (non-hydrogen) atoms. The maximum Gasteiger partial charge on any atom is 0.326 e. The van der Waals surface area contributed by atoms with Crippen molar-refractivity contribution in [2.75, 3.05) is 20.1 Å². The molecule has 0 radical (unpaired) electrons. The molecule has 0 saturated heterocycles. The number of nitrogens with zero attached hydrogens (tertiary/aromatic N) is 1. The van der Waals surface area contributed by atoms with E-state index in [1.807, 2.05) is 11.9 Å². The minimum atomic E-state index is -0.170. The number of carbonyl (C=O) groups excluding carboxylic acids is 1. The van der Waals surface area contributed by atoms with Crippen molar-refractivity contribution >= 4 is 14.0 Å². The van der Waals surface area contributed by atoms with Gasteiger partial charge in [-0.3, -0.25) is 9.69 Å². The predicted molar refractivity (Wildman–Crippen MR) is 42.4 cm³/mol. The third-order valence-electron chi connectivity index (χ3n) is 1.23. The third-order valence-corrected chi connectivity index (χ3v) is 1.23. The molecule has 0 aliphatic rings. The Morgan fingerprint density at radius 2 is 2.30 bits per heavy atom. The Labute approximate surface area is 62.8 Å². The SMILES string of the molecule is BOC(=O)CN(C)CCC. The quantitative estimate of drug-likeness (QED) is 0.493. The van der Waals surface area contributed by atoms with Crippen LogP contribution in [0.5, 0.6) is 0 Å². The van der Waals surface area contributed by atoms with Crippen LogP contribution in [-0.4, -0.2) is 39.1 Å². The molecule has 0 aliphatic carbocycles. The van der Waals surface area contributed by atoms with Crippen LogP contribution < -0.4 is 0 Å². The van der Waals surface area contributed by atoms with E-state index in [9.17, 15) is 4.79 Å². The van der Waals surface area contributed by atoms with E-state index in [-0.39, 0.29) is 5.97 Å². The summed E-state index contributed by atoms with van der Waals surface area (Å²) in [5.74, 6) is -0.170. The predicted octanol–water partition coefficient (Wildman–Crippen LogP) is -0.581. The fourth-order valence-electron chi connectivity index (χ4n) is 0.746. The van der Waals surface area contributed by atoms with E-state index in [1.54, 1.807) is 0 Å². The van der Waals surface area contributed by atoms with Gasteiger partial charge in [0.25, 0.3) is 0 Å². The van der Waals surface area contributed by atoms with Crippen LogP contribution in [0, 0.1) is 0 Å². The lowest BCUT2D eigenvalue weighted by molar-refractivity contribution is -0.134. The highest BCUT2D eigenvalue weighted by atomic mass is 16.5. The van der Waals surface area contributed by atoms with Gasteiger partial charge in [0.1, 0.15) is 0 Å². The van der Waals surface area contributed by atoms with Crippen molar-refractivity contribution in [1.29, 1.82) is 0 Å². The van der Waals surface area contributed by atoms with Gasteiger partial charge in [0.05, 0.1) is 6.54 Å². The van der Waals surface area contributed by atoms with Crippen LogP contribution in [-0.2, 0) is 9.45 Å². The summed E-state index contributed by atoms with van der Waals surface area (Å²) in [6, 6.07) is 0. The van der Waals surface area contributed by atoms with E-state index in [1.165, 1.54) is 8.05 Å². The van der Waals surface area contributed by atoms with Crippen LogP contribution in [0.3, 0.4) is 0 Å². The van der Waals surface area contributed by atoms with Crippen molar-refractivity contribution < 1.29 is 9.45 Å². The first-order valence-corrected chi connectivity index (χ1v) is 3.46. The molecule has 0 rings (SSSR count). The van der Waals surface area contributed by atoms with Crippen LogP contribution in [0.25, 0.3) is 0 Å². The average molecular weight is 143 g/mol. The van der Waals surface area contributed by atoms with Crippen molar-refractivity contribution in [3.05, 3.63) is 0 Å². The lowest BCUT2D eigenvalue weighted by atomic mass is 10.4. The van der Waals surface area contributed by atoms with Crippen molar-refractivity contribution in [2.24, 2.45) is 0 Å². The monoisotopic (exact) mass is 143 g/mol. The smallest absolute Gasteiger partial charge is 0.326 e. The van der Waals surface area contributed by atoms with Gasteiger partial charge in [-0.25, -0.2) is 0 Å². The second kappa shape index (κ2) is 5.29. The highest BCUT2D eigenvalue weighted by Crippen LogP contribution is 1.86. The standard InChI is InChI=1S/C6H14BNO2/c1-3-4-8(2)5-6(9)10-7/h3-5,7H2,1-2H3. The summed E-state index contributed by atoms with van der Waals surface area (Å²) >= 11 is 0. The first-order valence-electron chi connectivity index (χ1n) is 3.46. The van der Waals surface area contributed by atoms with E-state index < -0.39 is 0 Å². The fraction of sp³-hybridized carbons (Fsp3) is 0.833. The molecule has 58 valence electrons. The Balaban J connectivity index is 3.37. The van der Waals surface area contributed by atoms with E-state index >= 15 is 0 Å². The Morgan fingerprint density at radius 3 is 2.70 bits per heavy atom. The zero-order chi connectivity index (χ0) is 7.98. The summed E-state index contributed by atoms with van der Waals surface area (Å²) in [4.78, 5) is 12.6. The van der Waals surface area contributed by atoms with E-state index in [2.05, 4.69) is 11.6 Å². The first kappa shape index (κ1) is 9.49. The van der Waals surface area contributed by atoms with Crippen LogP contribution in [0.4, 0.5) is 0 Å². The van der Waals surface area contributed by atoms with Crippen LogP contribution >= 0.6 is 0 Å². The molecule has 0 heterocycles. The second-order valence-corrected chi connectivity index (χ2v) is 2.31. The summed E-state index contributed by atoms with van der Waals surface area (Å²) in [5, 5.41) is 0. The zero-order valence-corrected chi connectivity index (χ0v) is 6.89. The molecule has 0 aliphatic heterocycles. The molecule has 0 aromatic rings. The van der Waals surface area contributed by atoms with Gasteiger partial charge in [-0.15, -0.1) is 0 Å². The molecule has 3 nitrogen and oxygen atoms in total. The second-order valence-electron chi connectivity index (χ2n) is 2.31. The number of hydrogen-bond donors (Lipinski definition) is 0. The van der Waals surface area contributed by atoms with Gasteiger partial charge in [-0.2, -0.15) is 0 Å². The molecular formula is C6H14BNO2. The van der Waals surface area contributed by atoms with Crippen LogP contribution in [0.1, 0.15) is 13.3 Å². The molecule has 0 spiro atoms. The lowest BCUT2D eigenvalue weighted by Crippen LogP contribution is -2.27. The van der Waals surface area contributed by atoms with Gasteiger partial charge in [0, 0.05) is 0 Å². The molecule has 0 atom stereocenters. The molecule has 0 fully saturated rings. The summed E-state index contributed by atoms with van der Waals surface area (Å²) in [6.45, 7) is 3.41. The molecule has 0 bridgehead atoms. The molecule has 0 aromatic carbocycles. The van der Waals surface area contributed by atoms with Crippen molar-refractivity contribution in [1.82, 2.24) is 4.90 Å². The van der Waals surface area contributed by atoms with Crippen molar-refractivity contribution in [3.8, 4) is 0 Å². The maximum absolute atomic E-state index is 10.6. The summed E-state index contributed by atoms with van der Waals surface area (Å²) in [6.07, 6.45) is 1.06. The fourth-order valence-corrected chi connectivity index (χ4v) is 0.746. The molecule has 4 heteroatoms. The molecular weight excluding hydrogens is 129 g/mol. The van der Waals surface area contributed by atoms with Gasteiger partial charge in [0.2, 0.25) is 0 Å². The van der Waals surface area contributed by atoms with Crippen LogP contribution in [0.15, 0.2) is 0 Å². The summed E-state index contributed by atoms with van der Waals surface area (Å²) in [5.41, 5.74) is 0. The van der Waals surface area contributed by atoms with E-state index in [0.29, 0.717) is 6.54 Å². The average Bonchev–Trinajstić information content (AvgIpc) is 1.88. The van der Waals surface area contributed by atoms with Gasteiger partial charge >= 0.3 is 14.0 Å². The summed E-state index contributed by atoms with van der Waals surface area (Å²) in [7, 11) is 3.31. The largest absolute Gasteiger partial charge is 0.542 e. The minimum absolute atomic E-state index is 0.170. The van der Waals surface area contributed by atoms with Gasteiger partial charge in [-0.05, 0) is 20.0 Å². The number of likely N-dealkylation sites (N-methyl/N-ethyl adjacent to an activating group) is 1. The topological polar surface area (TPSA) is 29.5 Å². The van der Waals surface area contributed by atoms with Gasteiger partial charge < -0.3 is 4.65 Å². The Bertz CT molecular complexity index is 108. The van der Waals surface area contributed by atoms with Crippen molar-refractivity contribution in [3.63, 3.8) is 0 Å². The Morgan fingerprint density at radius 1 is 1.70 bits per heavy atom.